The quantitative estimate of drug-likeness (QED) is 0.546. The molecule has 29 heavy (non-hydrogen) atoms. The Balaban J connectivity index is 1.63. The third-order valence-corrected chi connectivity index (χ3v) is 6.03. The molecule has 2 atom stereocenters. The van der Waals surface area contributed by atoms with E-state index in [1.165, 1.54) is 0 Å². The molecule has 4 N–H and O–H groups in total. The fraction of sp³-hybridized carbons (Fsp3) is 0.474. The molecule has 4 heterocycles. The molecule has 0 saturated carbocycles. The molecule has 4 rings (SSSR count). The van der Waals surface area contributed by atoms with E-state index in [9.17, 15) is 4.79 Å². The lowest BCUT2D eigenvalue weighted by molar-refractivity contribution is -0.124. The van der Waals surface area contributed by atoms with Gasteiger partial charge in [-0.15, -0.1) is 0 Å². The van der Waals surface area contributed by atoms with Gasteiger partial charge in [-0.1, -0.05) is 0 Å². The summed E-state index contributed by atoms with van der Waals surface area (Å²) in [5.41, 5.74) is 9.77. The Morgan fingerprint density at radius 1 is 1.34 bits per heavy atom. The first-order valence-corrected chi connectivity index (χ1v) is 10.5. The molecule has 0 radical (unpaired) electrons. The van der Waals surface area contributed by atoms with Crippen LogP contribution in [0, 0.1) is 0 Å². The number of aryl methyl sites for hydroxylation is 1. The number of fused-ring (bicyclic) bond motifs is 1. The highest BCUT2D eigenvalue weighted by Crippen LogP contribution is 2.35. The van der Waals surface area contributed by atoms with Crippen LogP contribution in [0.15, 0.2) is 23.1 Å². The molecule has 0 spiro atoms. The first-order valence-electron chi connectivity index (χ1n) is 9.70. The van der Waals surface area contributed by atoms with Gasteiger partial charge in [0.15, 0.2) is 5.65 Å². The summed E-state index contributed by atoms with van der Waals surface area (Å²) in [6, 6.07) is -0.0396. The van der Waals surface area contributed by atoms with Crippen LogP contribution in [0.2, 0.25) is 0 Å². The third-order valence-electron chi connectivity index (χ3n) is 5.21. The number of nitrogen functional groups attached to an aromatic ring is 1. The molecule has 1 fully saturated rings. The first-order chi connectivity index (χ1) is 13.8. The van der Waals surface area contributed by atoms with Crippen LogP contribution >= 0.6 is 15.9 Å². The molecule has 9 nitrogen and oxygen atoms in total. The van der Waals surface area contributed by atoms with E-state index < -0.39 is 0 Å². The van der Waals surface area contributed by atoms with Crippen LogP contribution in [0.3, 0.4) is 0 Å². The molecule has 1 saturated heterocycles. The molecule has 3 aromatic rings. The van der Waals surface area contributed by atoms with E-state index in [0.717, 1.165) is 34.1 Å². The summed E-state index contributed by atoms with van der Waals surface area (Å²) in [7, 11) is 1.87. The average Bonchev–Trinajstić information content (AvgIpc) is 3.30. The number of hydrogen-bond acceptors (Lipinski definition) is 6. The van der Waals surface area contributed by atoms with Crippen molar-refractivity contribution in [3.05, 3.63) is 28.8 Å². The minimum Gasteiger partial charge on any atom is -0.383 e. The van der Waals surface area contributed by atoms with E-state index in [1.807, 2.05) is 27.1 Å². The van der Waals surface area contributed by atoms with E-state index in [2.05, 4.69) is 36.8 Å². The number of anilines is 1. The van der Waals surface area contributed by atoms with Crippen LogP contribution in [0.25, 0.3) is 16.8 Å². The maximum Gasteiger partial charge on any atom is 0.237 e. The van der Waals surface area contributed by atoms with Gasteiger partial charge in [-0.2, -0.15) is 14.7 Å². The van der Waals surface area contributed by atoms with Crippen molar-refractivity contribution < 1.29 is 4.79 Å². The van der Waals surface area contributed by atoms with Gasteiger partial charge in [0.2, 0.25) is 5.91 Å². The highest BCUT2D eigenvalue weighted by atomic mass is 79.9. The number of carbonyl (C=O) groups is 1. The minimum atomic E-state index is -0.172. The van der Waals surface area contributed by atoms with Gasteiger partial charge in [-0.05, 0) is 42.6 Å². The van der Waals surface area contributed by atoms with E-state index in [0.29, 0.717) is 18.0 Å². The van der Waals surface area contributed by atoms with Crippen molar-refractivity contribution in [2.75, 3.05) is 12.3 Å². The van der Waals surface area contributed by atoms with Gasteiger partial charge >= 0.3 is 0 Å². The van der Waals surface area contributed by atoms with E-state index in [-0.39, 0.29) is 23.9 Å². The number of halogens is 1. The zero-order valence-corrected chi connectivity index (χ0v) is 18.3. The lowest BCUT2D eigenvalue weighted by Gasteiger charge is -2.30. The van der Waals surface area contributed by atoms with Crippen molar-refractivity contribution >= 4 is 33.3 Å². The Hall–Kier alpha value is -2.46. The number of aromatic nitrogens is 5. The van der Waals surface area contributed by atoms with E-state index in [4.69, 9.17) is 10.7 Å². The maximum absolute atomic E-state index is 12.3. The van der Waals surface area contributed by atoms with Gasteiger partial charge in [0.05, 0.1) is 28.6 Å². The molecule has 3 aromatic heterocycles. The van der Waals surface area contributed by atoms with Gasteiger partial charge in [0.25, 0.3) is 0 Å². The number of rotatable bonds is 4. The number of piperidine rings is 1. The normalized spacial score (nSPS) is 19.8. The summed E-state index contributed by atoms with van der Waals surface area (Å²) >= 11 is 3.61. The number of nitrogens with zero attached hydrogens (tertiary/aromatic N) is 5. The van der Waals surface area contributed by atoms with Gasteiger partial charge < -0.3 is 16.4 Å². The van der Waals surface area contributed by atoms with Crippen LogP contribution in [0.1, 0.15) is 38.3 Å². The van der Waals surface area contributed by atoms with Gasteiger partial charge in [0.1, 0.15) is 5.82 Å². The third kappa shape index (κ3) is 3.74. The summed E-state index contributed by atoms with van der Waals surface area (Å²) in [6.45, 7) is 4.59. The number of nitrogens with one attached hydrogen (secondary N) is 2. The van der Waals surface area contributed by atoms with Crippen molar-refractivity contribution in [1.82, 2.24) is 35.0 Å². The summed E-state index contributed by atoms with van der Waals surface area (Å²) in [6.07, 6.45) is 7.07. The van der Waals surface area contributed by atoms with Crippen LogP contribution < -0.4 is 16.4 Å². The zero-order chi connectivity index (χ0) is 20.7. The van der Waals surface area contributed by atoms with Gasteiger partial charge in [-0.3, -0.25) is 9.48 Å². The molecule has 154 valence electrons. The largest absolute Gasteiger partial charge is 0.383 e. The average molecular weight is 461 g/mol. The van der Waals surface area contributed by atoms with E-state index >= 15 is 0 Å². The Morgan fingerprint density at radius 3 is 2.76 bits per heavy atom. The first kappa shape index (κ1) is 19.8. The molecule has 0 aliphatic carbocycles. The molecule has 1 amide bonds. The maximum atomic E-state index is 12.3. The monoisotopic (exact) mass is 460 g/mol. The SMILES string of the molecule is CC(C)NC(=O)[C@@H]1CC[C@H](c2nc3c(-c4cnn(C)c4)cnn3c(N)c2Br)CN1. The predicted molar refractivity (Wildman–Crippen MR) is 114 cm³/mol. The number of nitrogens with two attached hydrogens (primary N) is 1. The summed E-state index contributed by atoms with van der Waals surface area (Å²) < 4.78 is 4.14. The number of amides is 1. The fourth-order valence-electron chi connectivity index (χ4n) is 3.75. The summed E-state index contributed by atoms with van der Waals surface area (Å²) in [5.74, 6) is 0.714. The molecule has 0 aromatic carbocycles. The lowest BCUT2D eigenvalue weighted by atomic mass is 9.91. The molecule has 1 aliphatic rings. The standard InChI is InChI=1S/C19H25BrN8O/c1-10(2)25-19(29)14-5-4-11(6-22-14)16-15(20)17(21)28-18(26-16)13(8-24-28)12-7-23-27(3)9-12/h7-11,14,22H,4-6,21H2,1-3H3,(H,25,29)/t11-,14-/m0/s1. The van der Waals surface area contributed by atoms with E-state index in [1.54, 1.807) is 21.6 Å². The van der Waals surface area contributed by atoms with Crippen molar-refractivity contribution in [1.29, 1.82) is 0 Å². The highest BCUT2D eigenvalue weighted by molar-refractivity contribution is 9.10. The smallest absolute Gasteiger partial charge is 0.237 e. The van der Waals surface area contributed by atoms with Crippen LogP contribution in [0.5, 0.6) is 0 Å². The number of hydrogen-bond donors (Lipinski definition) is 3. The highest BCUT2D eigenvalue weighted by Gasteiger charge is 2.30. The van der Waals surface area contributed by atoms with Crippen molar-refractivity contribution in [2.45, 2.75) is 44.7 Å². The van der Waals surface area contributed by atoms with Crippen molar-refractivity contribution in [3.63, 3.8) is 0 Å². The zero-order valence-electron chi connectivity index (χ0n) is 16.7. The summed E-state index contributed by atoms with van der Waals surface area (Å²) in [4.78, 5) is 17.2. The van der Waals surface area contributed by atoms with Crippen molar-refractivity contribution in [2.24, 2.45) is 7.05 Å². The molecule has 0 unspecified atom stereocenters. The fourth-order valence-corrected chi connectivity index (χ4v) is 4.33. The Labute approximate surface area is 177 Å². The predicted octanol–water partition coefficient (Wildman–Crippen LogP) is 1.83. The molecule has 1 aliphatic heterocycles. The Bertz CT molecular complexity index is 1050. The lowest BCUT2D eigenvalue weighted by Crippen LogP contribution is -2.50. The van der Waals surface area contributed by atoms with Crippen LogP contribution in [-0.2, 0) is 11.8 Å². The second-order valence-electron chi connectivity index (χ2n) is 7.79. The van der Waals surface area contributed by atoms with Crippen molar-refractivity contribution in [3.8, 4) is 11.1 Å². The Morgan fingerprint density at radius 2 is 2.14 bits per heavy atom. The van der Waals surface area contributed by atoms with Gasteiger partial charge in [0, 0.05) is 42.9 Å². The molecule has 0 bridgehead atoms. The second-order valence-corrected chi connectivity index (χ2v) is 8.58. The molecular formula is C19H25BrN8O. The summed E-state index contributed by atoms with van der Waals surface area (Å²) in [5, 5.41) is 15.0. The Kier molecular flexibility index (Phi) is 5.30. The van der Waals surface area contributed by atoms with Gasteiger partial charge in [-0.25, -0.2) is 4.98 Å². The second kappa shape index (κ2) is 7.75. The van der Waals surface area contributed by atoms with Crippen LogP contribution in [-0.4, -0.2) is 48.9 Å². The molecule has 10 heteroatoms. The topological polar surface area (TPSA) is 115 Å². The van der Waals surface area contributed by atoms with Crippen LogP contribution in [0.4, 0.5) is 5.82 Å². The minimum absolute atomic E-state index is 0.0510. The number of carbonyl (C=O) groups excluding carboxylic acids is 1. The molecular weight excluding hydrogens is 436 g/mol.